The molecule has 1 N–H and O–H groups in total. The zero-order valence-corrected chi connectivity index (χ0v) is 14.3. The second kappa shape index (κ2) is 7.77. The standard InChI is InChI=1S/C19H16ClN3O2/c1-13-5-4-7-16(9-13)25-12-18(24)23-21-11-15-10-14-6-2-3-8-17(14)22-19(15)20/h2-11H,12H2,1H3,(H,23,24)/b21-11+. The fraction of sp³-hybridized carbons (Fsp3) is 0.105. The molecule has 0 saturated heterocycles. The molecule has 0 unspecified atom stereocenters. The van der Waals surface area contributed by atoms with Crippen molar-refractivity contribution in [3.63, 3.8) is 0 Å². The number of nitrogens with one attached hydrogen (secondary N) is 1. The molecule has 0 aliphatic carbocycles. The van der Waals surface area contributed by atoms with Gasteiger partial charge in [0, 0.05) is 10.9 Å². The average molecular weight is 354 g/mol. The number of carbonyl (C=O) groups is 1. The quantitative estimate of drug-likeness (QED) is 0.432. The summed E-state index contributed by atoms with van der Waals surface area (Å²) in [5.41, 5.74) is 4.91. The van der Waals surface area contributed by atoms with Gasteiger partial charge in [0.2, 0.25) is 0 Å². The molecule has 0 fully saturated rings. The Hall–Kier alpha value is -2.92. The van der Waals surface area contributed by atoms with Gasteiger partial charge in [-0.25, -0.2) is 10.4 Å². The van der Waals surface area contributed by atoms with E-state index < -0.39 is 0 Å². The summed E-state index contributed by atoms with van der Waals surface area (Å²) in [5.74, 6) is 0.281. The first-order valence-electron chi connectivity index (χ1n) is 7.68. The van der Waals surface area contributed by atoms with E-state index in [2.05, 4.69) is 15.5 Å². The summed E-state index contributed by atoms with van der Waals surface area (Å²) in [6.45, 7) is 1.84. The van der Waals surface area contributed by atoms with Gasteiger partial charge in [0.15, 0.2) is 6.61 Å². The molecule has 0 atom stereocenters. The van der Waals surface area contributed by atoms with Crippen LogP contribution in [0, 0.1) is 6.92 Å². The van der Waals surface area contributed by atoms with Crippen LogP contribution in [0.25, 0.3) is 10.9 Å². The summed E-state index contributed by atoms with van der Waals surface area (Å²) in [5, 5.41) is 5.18. The van der Waals surface area contributed by atoms with Gasteiger partial charge in [-0.3, -0.25) is 4.79 Å². The normalized spacial score (nSPS) is 11.0. The predicted molar refractivity (Wildman–Crippen MR) is 99.2 cm³/mol. The van der Waals surface area contributed by atoms with Crippen LogP contribution in [0.2, 0.25) is 5.15 Å². The molecule has 0 radical (unpaired) electrons. The van der Waals surface area contributed by atoms with Gasteiger partial charge >= 0.3 is 0 Å². The zero-order valence-electron chi connectivity index (χ0n) is 13.6. The number of hydrogen-bond acceptors (Lipinski definition) is 4. The highest BCUT2D eigenvalue weighted by molar-refractivity contribution is 6.32. The smallest absolute Gasteiger partial charge is 0.277 e. The van der Waals surface area contributed by atoms with Crippen LogP contribution in [-0.2, 0) is 4.79 Å². The molecule has 3 aromatic rings. The lowest BCUT2D eigenvalue weighted by molar-refractivity contribution is -0.123. The molecular formula is C19H16ClN3O2. The van der Waals surface area contributed by atoms with Crippen LogP contribution in [0.15, 0.2) is 59.7 Å². The number of nitrogens with zero attached hydrogens (tertiary/aromatic N) is 2. The second-order valence-corrected chi connectivity index (χ2v) is 5.82. The molecule has 0 bridgehead atoms. The highest BCUT2D eigenvalue weighted by atomic mass is 35.5. The number of pyridine rings is 1. The molecule has 1 amide bonds. The van der Waals surface area contributed by atoms with Crippen molar-refractivity contribution in [2.45, 2.75) is 6.92 Å². The molecule has 5 nitrogen and oxygen atoms in total. The van der Waals surface area contributed by atoms with Gasteiger partial charge in [-0.1, -0.05) is 41.9 Å². The van der Waals surface area contributed by atoms with Gasteiger partial charge in [-0.2, -0.15) is 5.10 Å². The number of carbonyl (C=O) groups excluding carboxylic acids is 1. The molecule has 2 aromatic carbocycles. The Balaban J connectivity index is 1.59. The van der Waals surface area contributed by atoms with E-state index in [0.717, 1.165) is 16.5 Å². The maximum absolute atomic E-state index is 11.8. The number of amides is 1. The van der Waals surface area contributed by atoms with Crippen LogP contribution in [0.5, 0.6) is 5.75 Å². The van der Waals surface area contributed by atoms with E-state index in [1.807, 2.05) is 55.5 Å². The van der Waals surface area contributed by atoms with Gasteiger partial charge in [-0.05, 0) is 36.8 Å². The van der Waals surface area contributed by atoms with Crippen LogP contribution in [0.3, 0.4) is 0 Å². The van der Waals surface area contributed by atoms with E-state index >= 15 is 0 Å². The molecule has 0 saturated carbocycles. The highest BCUT2D eigenvalue weighted by Gasteiger charge is 2.04. The summed E-state index contributed by atoms with van der Waals surface area (Å²) in [7, 11) is 0. The Morgan fingerprint density at radius 2 is 2.08 bits per heavy atom. The molecule has 1 aromatic heterocycles. The average Bonchev–Trinajstić information content (AvgIpc) is 2.60. The van der Waals surface area contributed by atoms with Crippen LogP contribution in [0.1, 0.15) is 11.1 Å². The molecule has 3 rings (SSSR count). The van der Waals surface area contributed by atoms with Gasteiger partial charge in [0.1, 0.15) is 10.9 Å². The van der Waals surface area contributed by atoms with Gasteiger partial charge in [0.05, 0.1) is 11.7 Å². The lowest BCUT2D eigenvalue weighted by atomic mass is 10.2. The van der Waals surface area contributed by atoms with Gasteiger partial charge in [-0.15, -0.1) is 0 Å². The molecule has 0 spiro atoms. The van der Waals surface area contributed by atoms with Crippen molar-refractivity contribution < 1.29 is 9.53 Å². The van der Waals surface area contributed by atoms with E-state index in [-0.39, 0.29) is 12.5 Å². The summed E-state index contributed by atoms with van der Waals surface area (Å²) in [6, 6.07) is 17.0. The van der Waals surface area contributed by atoms with Crippen molar-refractivity contribution >= 4 is 34.6 Å². The number of benzene rings is 2. The van der Waals surface area contributed by atoms with Gasteiger partial charge < -0.3 is 4.74 Å². The summed E-state index contributed by atoms with van der Waals surface area (Å²) >= 11 is 6.13. The monoisotopic (exact) mass is 353 g/mol. The summed E-state index contributed by atoms with van der Waals surface area (Å²) < 4.78 is 5.41. The van der Waals surface area contributed by atoms with Crippen molar-refractivity contribution in [3.05, 3.63) is 70.9 Å². The number of fused-ring (bicyclic) bond motifs is 1. The number of ether oxygens (including phenoxy) is 1. The number of rotatable bonds is 5. The Bertz CT molecular complexity index is 941. The second-order valence-electron chi connectivity index (χ2n) is 5.46. The lowest BCUT2D eigenvalue weighted by Crippen LogP contribution is -2.24. The third-order valence-corrected chi connectivity index (χ3v) is 3.76. The predicted octanol–water partition coefficient (Wildman–Crippen LogP) is 3.73. The van der Waals surface area contributed by atoms with E-state index in [0.29, 0.717) is 16.5 Å². The van der Waals surface area contributed by atoms with Crippen molar-refractivity contribution in [3.8, 4) is 5.75 Å². The topological polar surface area (TPSA) is 63.6 Å². The molecule has 126 valence electrons. The molecule has 25 heavy (non-hydrogen) atoms. The van der Waals surface area contributed by atoms with E-state index in [1.54, 1.807) is 6.07 Å². The molecule has 0 aliphatic rings. The Kier molecular flexibility index (Phi) is 5.26. The van der Waals surface area contributed by atoms with Crippen molar-refractivity contribution in [1.82, 2.24) is 10.4 Å². The lowest BCUT2D eigenvalue weighted by Gasteiger charge is -2.05. The Morgan fingerprint density at radius 1 is 1.24 bits per heavy atom. The maximum Gasteiger partial charge on any atom is 0.277 e. The third kappa shape index (κ3) is 4.55. The largest absolute Gasteiger partial charge is 0.484 e. The fourth-order valence-electron chi connectivity index (χ4n) is 2.26. The number of aryl methyl sites for hydroxylation is 1. The first-order chi connectivity index (χ1) is 12.1. The number of aromatic nitrogens is 1. The number of hydrazone groups is 1. The van der Waals surface area contributed by atoms with Crippen molar-refractivity contribution in [2.24, 2.45) is 5.10 Å². The maximum atomic E-state index is 11.8. The highest BCUT2D eigenvalue weighted by Crippen LogP contribution is 2.18. The van der Waals surface area contributed by atoms with Crippen molar-refractivity contribution in [2.75, 3.05) is 6.61 Å². The van der Waals surface area contributed by atoms with Crippen LogP contribution >= 0.6 is 11.6 Å². The Labute approximate surface area is 150 Å². The van der Waals surface area contributed by atoms with Gasteiger partial charge in [0.25, 0.3) is 5.91 Å². The molecule has 1 heterocycles. The summed E-state index contributed by atoms with van der Waals surface area (Å²) in [6.07, 6.45) is 1.46. The minimum Gasteiger partial charge on any atom is -0.484 e. The van der Waals surface area contributed by atoms with E-state index in [9.17, 15) is 4.79 Å². The Morgan fingerprint density at radius 3 is 2.92 bits per heavy atom. The van der Waals surface area contributed by atoms with Crippen molar-refractivity contribution in [1.29, 1.82) is 0 Å². The fourth-order valence-corrected chi connectivity index (χ4v) is 2.45. The number of para-hydroxylation sites is 1. The minimum absolute atomic E-state index is 0.121. The number of halogens is 1. The van der Waals surface area contributed by atoms with E-state index in [4.69, 9.17) is 16.3 Å². The third-order valence-electron chi connectivity index (χ3n) is 3.46. The first kappa shape index (κ1) is 16.9. The minimum atomic E-state index is -0.359. The SMILES string of the molecule is Cc1cccc(OCC(=O)N/N=C/c2cc3ccccc3nc2Cl)c1. The summed E-state index contributed by atoms with van der Waals surface area (Å²) in [4.78, 5) is 16.1. The molecular weight excluding hydrogens is 338 g/mol. The zero-order chi connectivity index (χ0) is 17.6. The van der Waals surface area contributed by atoms with Crippen LogP contribution in [-0.4, -0.2) is 23.7 Å². The van der Waals surface area contributed by atoms with Crippen LogP contribution in [0.4, 0.5) is 0 Å². The number of hydrogen-bond donors (Lipinski definition) is 1. The van der Waals surface area contributed by atoms with E-state index in [1.165, 1.54) is 6.21 Å². The molecule has 6 heteroatoms. The van der Waals surface area contributed by atoms with Crippen LogP contribution < -0.4 is 10.2 Å². The first-order valence-corrected chi connectivity index (χ1v) is 8.06. The molecule has 0 aliphatic heterocycles.